The standard InChI is InChI=1S/C18H34N3O13Si/c19-7-9(25)11(4(1-22)30-15(7)28)33-16-8(20)10(26)12(5(2-23)31-16)34-17-13(21)18(29,35)14(27)6(3-24)32-17/h4-17,22-29H,1-3,19-21H2/t4-,5-,6-,7-,8-,9-,10-,11?,12?,13-,14+,15-,16+,17+,18-/m1/s1. The number of aliphatic hydroxyl groups is 8. The van der Waals surface area contributed by atoms with Crippen LogP contribution in [0.1, 0.15) is 0 Å². The number of rotatable bonds is 7. The van der Waals surface area contributed by atoms with E-state index in [1.165, 1.54) is 0 Å². The summed E-state index contributed by atoms with van der Waals surface area (Å²) in [6.07, 6.45) is -15.7. The molecule has 0 aromatic heterocycles. The Balaban J connectivity index is 1.74. The lowest BCUT2D eigenvalue weighted by Gasteiger charge is -2.50. The molecule has 0 aliphatic carbocycles. The zero-order valence-corrected chi connectivity index (χ0v) is 19.6. The highest BCUT2D eigenvalue weighted by molar-refractivity contribution is 6.15. The minimum atomic E-state index is -2.13. The van der Waals surface area contributed by atoms with Crippen molar-refractivity contribution in [1.82, 2.24) is 0 Å². The molecule has 3 aliphatic rings. The summed E-state index contributed by atoms with van der Waals surface area (Å²) in [6.45, 7) is -2.07. The highest BCUT2D eigenvalue weighted by Crippen LogP contribution is 2.32. The Labute approximate surface area is 203 Å². The molecular weight excluding hydrogens is 494 g/mol. The lowest BCUT2D eigenvalue weighted by molar-refractivity contribution is -0.350. The number of hydrogen-bond donors (Lipinski definition) is 11. The van der Waals surface area contributed by atoms with Gasteiger partial charge in [-0.1, -0.05) is 0 Å². The molecule has 0 bridgehead atoms. The molecule has 17 heteroatoms. The first-order valence-electron chi connectivity index (χ1n) is 10.9. The fourth-order valence-corrected chi connectivity index (χ4v) is 4.56. The number of aliphatic hydroxyl groups excluding tert-OH is 7. The Morgan fingerprint density at radius 2 is 1.17 bits per heavy atom. The first-order chi connectivity index (χ1) is 16.4. The van der Waals surface area contributed by atoms with Gasteiger partial charge in [-0.05, 0) is 0 Å². The van der Waals surface area contributed by atoms with Gasteiger partial charge in [0.05, 0.1) is 53.4 Å². The van der Waals surface area contributed by atoms with E-state index < -0.39 is 111 Å². The lowest BCUT2D eigenvalue weighted by Crippen LogP contribution is -2.73. The number of hydrogen-bond acceptors (Lipinski definition) is 16. The van der Waals surface area contributed by atoms with Crippen LogP contribution in [0.15, 0.2) is 0 Å². The Morgan fingerprint density at radius 3 is 1.71 bits per heavy atom. The summed E-state index contributed by atoms with van der Waals surface area (Å²) in [5, 5.41) is 78.3. The highest BCUT2D eigenvalue weighted by Gasteiger charge is 2.55. The third-order valence-corrected chi connectivity index (χ3v) is 7.13. The maximum Gasteiger partial charge on any atom is 0.176 e. The van der Waals surface area contributed by atoms with Crippen LogP contribution in [-0.2, 0) is 23.7 Å². The third-order valence-electron chi connectivity index (χ3n) is 6.50. The van der Waals surface area contributed by atoms with E-state index in [1.54, 1.807) is 0 Å². The van der Waals surface area contributed by atoms with Gasteiger partial charge in [0.25, 0.3) is 0 Å². The van der Waals surface area contributed by atoms with E-state index in [0.717, 1.165) is 0 Å². The fourth-order valence-electron chi connectivity index (χ4n) is 4.24. The second-order valence-electron chi connectivity index (χ2n) is 8.83. The predicted octanol–water partition coefficient (Wildman–Crippen LogP) is -8.18. The van der Waals surface area contributed by atoms with Gasteiger partial charge >= 0.3 is 0 Å². The molecule has 15 atom stereocenters. The molecular formula is C18H34N3O13Si. The SMILES string of the molecule is N[C@H]1[C@H](OC2[C@@H](CO)O[C@@H](O)[C@H](N)[C@H]2O)O[C@H](CO)C(O[C@@H]2O[C@H](CO)[C@H](O)[C@](O)([Si])[C@@H]2N)[C@@H]1O. The largest absolute Gasteiger partial charge is 0.394 e. The molecule has 3 fully saturated rings. The molecule has 0 saturated carbocycles. The first kappa shape index (κ1) is 29.1. The maximum atomic E-state index is 10.8. The van der Waals surface area contributed by atoms with Crippen LogP contribution in [0.5, 0.6) is 0 Å². The van der Waals surface area contributed by atoms with Crippen molar-refractivity contribution in [2.24, 2.45) is 17.2 Å². The maximum absolute atomic E-state index is 10.8. The molecule has 3 rings (SSSR count). The van der Waals surface area contributed by atoms with E-state index in [2.05, 4.69) is 10.2 Å². The molecule has 3 heterocycles. The van der Waals surface area contributed by atoms with Gasteiger partial charge in [-0.15, -0.1) is 0 Å². The molecule has 35 heavy (non-hydrogen) atoms. The second-order valence-corrected chi connectivity index (χ2v) is 9.63. The Morgan fingerprint density at radius 1 is 0.714 bits per heavy atom. The fraction of sp³-hybridized carbons (Fsp3) is 1.00. The third kappa shape index (κ3) is 5.56. The van der Waals surface area contributed by atoms with Gasteiger partial charge in [0.15, 0.2) is 18.9 Å². The van der Waals surface area contributed by atoms with E-state index >= 15 is 0 Å². The van der Waals surface area contributed by atoms with E-state index in [-0.39, 0.29) is 0 Å². The van der Waals surface area contributed by atoms with Crippen molar-refractivity contribution in [3.8, 4) is 0 Å². The molecule has 3 saturated heterocycles. The van der Waals surface area contributed by atoms with Crippen molar-refractivity contribution >= 4 is 10.2 Å². The average Bonchev–Trinajstić information content (AvgIpc) is 2.83. The molecule has 2 unspecified atom stereocenters. The summed E-state index contributed by atoms with van der Waals surface area (Å²) >= 11 is 0. The monoisotopic (exact) mass is 528 g/mol. The summed E-state index contributed by atoms with van der Waals surface area (Å²) in [7, 11) is 2.96. The van der Waals surface area contributed by atoms with E-state index in [0.29, 0.717) is 0 Å². The van der Waals surface area contributed by atoms with Crippen molar-refractivity contribution in [3.05, 3.63) is 0 Å². The van der Waals surface area contributed by atoms with Crippen molar-refractivity contribution in [1.29, 1.82) is 0 Å². The average molecular weight is 529 g/mol. The van der Waals surface area contributed by atoms with Crippen LogP contribution < -0.4 is 17.2 Å². The number of nitrogens with two attached hydrogens (primary N) is 3. The van der Waals surface area contributed by atoms with Crippen LogP contribution in [0.3, 0.4) is 0 Å². The van der Waals surface area contributed by atoms with Gasteiger partial charge in [0.1, 0.15) is 48.8 Å². The summed E-state index contributed by atoms with van der Waals surface area (Å²) < 4.78 is 27.5. The highest BCUT2D eigenvalue weighted by atomic mass is 28.1. The van der Waals surface area contributed by atoms with Crippen molar-refractivity contribution < 1.29 is 64.5 Å². The van der Waals surface area contributed by atoms with E-state index in [1.807, 2.05) is 0 Å². The minimum absolute atomic E-state index is 0.657. The zero-order valence-electron chi connectivity index (χ0n) is 18.6. The molecule has 0 aromatic rings. The molecule has 3 radical (unpaired) electrons. The smallest absolute Gasteiger partial charge is 0.176 e. The van der Waals surface area contributed by atoms with Gasteiger partial charge in [0.2, 0.25) is 0 Å². The van der Waals surface area contributed by atoms with Crippen molar-refractivity contribution in [3.63, 3.8) is 0 Å². The van der Waals surface area contributed by atoms with Gasteiger partial charge < -0.3 is 81.7 Å². The minimum Gasteiger partial charge on any atom is -0.394 e. The molecule has 0 aromatic carbocycles. The summed E-state index contributed by atoms with van der Waals surface area (Å²) in [4.78, 5) is 0. The van der Waals surface area contributed by atoms with Gasteiger partial charge in [-0.3, -0.25) is 0 Å². The molecule has 3 aliphatic heterocycles. The Bertz CT molecular complexity index is 694. The van der Waals surface area contributed by atoms with E-state index in [9.17, 15) is 40.9 Å². The molecule has 16 nitrogen and oxygen atoms in total. The van der Waals surface area contributed by atoms with Crippen LogP contribution in [0, 0.1) is 0 Å². The quantitative estimate of drug-likeness (QED) is 0.137. The first-order valence-corrected chi connectivity index (χ1v) is 11.4. The van der Waals surface area contributed by atoms with Crippen molar-refractivity contribution in [2.75, 3.05) is 19.8 Å². The summed E-state index contributed by atoms with van der Waals surface area (Å²) in [6, 6.07) is -4.04. The normalized spacial score (nSPS) is 53.5. The molecule has 0 amide bonds. The van der Waals surface area contributed by atoms with E-state index in [4.69, 9.17) is 40.9 Å². The summed E-state index contributed by atoms with van der Waals surface area (Å²) in [5.41, 5.74) is 17.7. The van der Waals surface area contributed by atoms with Crippen LogP contribution in [-0.4, -0.2) is 162 Å². The predicted molar refractivity (Wildman–Crippen MR) is 112 cm³/mol. The molecule has 14 N–H and O–H groups in total. The van der Waals surface area contributed by atoms with Gasteiger partial charge in [-0.2, -0.15) is 0 Å². The second kappa shape index (κ2) is 11.5. The molecule has 0 spiro atoms. The Kier molecular flexibility index (Phi) is 9.60. The topological polar surface area (TPSA) is 286 Å². The van der Waals surface area contributed by atoms with Crippen LogP contribution in [0.4, 0.5) is 0 Å². The van der Waals surface area contributed by atoms with Crippen LogP contribution in [0.2, 0.25) is 0 Å². The molecule has 203 valence electrons. The number of ether oxygens (including phenoxy) is 5. The summed E-state index contributed by atoms with van der Waals surface area (Å²) in [5.74, 6) is 0. The van der Waals surface area contributed by atoms with Gasteiger partial charge in [0, 0.05) is 0 Å². The Hall–Kier alpha value is -0.423. The zero-order chi connectivity index (χ0) is 26.2. The van der Waals surface area contributed by atoms with Crippen molar-refractivity contribution in [2.45, 2.75) is 91.1 Å². The van der Waals surface area contributed by atoms with Crippen LogP contribution >= 0.6 is 0 Å². The lowest BCUT2D eigenvalue weighted by atomic mass is 9.94. The van der Waals surface area contributed by atoms with Gasteiger partial charge in [-0.25, -0.2) is 0 Å². The van der Waals surface area contributed by atoms with Crippen LogP contribution in [0.25, 0.3) is 0 Å².